The van der Waals surface area contributed by atoms with Crippen molar-refractivity contribution in [1.82, 2.24) is 0 Å². The Morgan fingerprint density at radius 3 is 1.34 bits per heavy atom. The van der Waals surface area contributed by atoms with E-state index in [1.807, 2.05) is 0 Å². The molecule has 0 saturated carbocycles. The van der Waals surface area contributed by atoms with Gasteiger partial charge in [0, 0.05) is 45.0 Å². The molecule has 0 saturated heterocycles. The second-order valence-corrected chi connectivity index (χ2v) is 19.4. The van der Waals surface area contributed by atoms with Crippen LogP contribution in [-0.2, 0) is 16.2 Å². The van der Waals surface area contributed by atoms with Crippen molar-refractivity contribution in [2.24, 2.45) is 0 Å². The zero-order valence-electron chi connectivity index (χ0n) is 37.4. The number of anilines is 6. The molecule has 9 aromatic rings. The topological polar surface area (TPSA) is 15.7 Å². The van der Waals surface area contributed by atoms with Crippen LogP contribution in [0.5, 0.6) is 11.5 Å². The summed E-state index contributed by atoms with van der Waals surface area (Å²) in [6.45, 7) is 13.6. The summed E-state index contributed by atoms with van der Waals surface area (Å²) in [6, 6.07) is 75.9. The third-order valence-corrected chi connectivity index (χ3v) is 13.4. The fraction of sp³-hybridized carbons (Fsp3) is 0.148. The molecule has 0 atom stereocenters. The van der Waals surface area contributed by atoms with Crippen molar-refractivity contribution >= 4 is 44.9 Å². The number of nitrogens with zero attached hydrogens (tertiary/aromatic N) is 2. The summed E-state index contributed by atoms with van der Waals surface area (Å²) in [5.41, 5.74) is 15.8. The van der Waals surface area contributed by atoms with Gasteiger partial charge >= 0.3 is 0 Å². The summed E-state index contributed by atoms with van der Waals surface area (Å²) < 4.78 is 6.87. The molecule has 9 aromatic carbocycles. The fourth-order valence-electron chi connectivity index (χ4n) is 10.3. The molecule has 64 heavy (non-hydrogen) atoms. The molecule has 0 amide bonds. The summed E-state index contributed by atoms with van der Waals surface area (Å²) >= 11 is 0. The summed E-state index contributed by atoms with van der Waals surface area (Å²) in [5.74, 6) is 1.74. The summed E-state index contributed by atoms with van der Waals surface area (Å²) in [4.78, 5) is 4.86. The minimum atomic E-state index is -0.720. The highest BCUT2D eigenvalue weighted by molar-refractivity contribution is 6.11. The van der Waals surface area contributed by atoms with E-state index in [1.165, 1.54) is 44.2 Å². The monoisotopic (exact) mass is 828 g/mol. The zero-order valence-corrected chi connectivity index (χ0v) is 37.4. The van der Waals surface area contributed by atoms with E-state index in [9.17, 15) is 0 Å². The van der Waals surface area contributed by atoms with Crippen LogP contribution in [0.2, 0.25) is 0 Å². The van der Waals surface area contributed by atoms with Crippen molar-refractivity contribution in [2.75, 3.05) is 9.80 Å². The number of benzene rings is 9. The predicted octanol–water partition coefficient (Wildman–Crippen LogP) is 16.8. The average molecular weight is 829 g/mol. The number of para-hydroxylation sites is 4. The van der Waals surface area contributed by atoms with E-state index in [1.54, 1.807) is 0 Å². The van der Waals surface area contributed by atoms with Crippen LogP contribution < -0.4 is 14.5 Å². The number of hydrogen-bond donors (Lipinski definition) is 0. The number of hydrogen-bond acceptors (Lipinski definition) is 3. The highest BCUT2D eigenvalue weighted by Crippen LogP contribution is 2.65. The molecule has 312 valence electrons. The molecular formula is C61H52N2O. The number of ether oxygens (including phenoxy) is 1. The van der Waals surface area contributed by atoms with Crippen LogP contribution in [0.3, 0.4) is 0 Å². The Bertz CT molecular complexity index is 3150. The Morgan fingerprint density at radius 2 is 0.797 bits per heavy atom. The molecule has 3 nitrogen and oxygen atoms in total. The minimum Gasteiger partial charge on any atom is -0.457 e. The van der Waals surface area contributed by atoms with Crippen LogP contribution in [0.4, 0.5) is 34.1 Å². The Balaban J connectivity index is 1.23. The lowest BCUT2D eigenvalue weighted by molar-refractivity contribution is 0.436. The Morgan fingerprint density at radius 1 is 0.359 bits per heavy atom. The van der Waals surface area contributed by atoms with Crippen molar-refractivity contribution in [2.45, 2.75) is 57.8 Å². The van der Waals surface area contributed by atoms with Gasteiger partial charge in [-0.15, -0.1) is 0 Å². The van der Waals surface area contributed by atoms with Crippen LogP contribution in [-0.4, -0.2) is 0 Å². The molecule has 0 unspecified atom stereocenters. The van der Waals surface area contributed by atoms with E-state index >= 15 is 0 Å². The van der Waals surface area contributed by atoms with Crippen molar-refractivity contribution in [1.29, 1.82) is 0 Å². The SMILES string of the molecule is CC(C)(C)c1ccc(N(c2ccccc2)c2ccc3c(c2)C2(c4ccccc4Oc4ccccc42)c2cc(N(c4ccccc4)c4ccc(C(C)(C)C)cc4)c4ccccc4c2-3)cc1. The van der Waals surface area contributed by atoms with Crippen molar-refractivity contribution in [3.63, 3.8) is 0 Å². The molecule has 1 aliphatic carbocycles. The van der Waals surface area contributed by atoms with Crippen molar-refractivity contribution in [3.8, 4) is 22.6 Å². The lowest BCUT2D eigenvalue weighted by Gasteiger charge is -2.40. The first kappa shape index (κ1) is 39.5. The lowest BCUT2D eigenvalue weighted by Crippen LogP contribution is -2.32. The fourth-order valence-corrected chi connectivity index (χ4v) is 10.3. The third kappa shape index (κ3) is 6.25. The molecule has 1 heterocycles. The highest BCUT2D eigenvalue weighted by Gasteiger charge is 2.52. The van der Waals surface area contributed by atoms with E-state index in [4.69, 9.17) is 4.74 Å². The highest BCUT2D eigenvalue weighted by atomic mass is 16.5. The second-order valence-electron chi connectivity index (χ2n) is 19.4. The van der Waals surface area contributed by atoms with Crippen molar-refractivity contribution in [3.05, 3.63) is 240 Å². The van der Waals surface area contributed by atoms with E-state index in [-0.39, 0.29) is 10.8 Å². The van der Waals surface area contributed by atoms with Gasteiger partial charge in [-0.1, -0.05) is 169 Å². The molecular weight excluding hydrogens is 777 g/mol. The number of rotatable bonds is 6. The van der Waals surface area contributed by atoms with E-state index in [0.29, 0.717) is 0 Å². The molecule has 11 rings (SSSR count). The lowest BCUT2D eigenvalue weighted by atomic mass is 9.66. The van der Waals surface area contributed by atoms with Gasteiger partial charge in [0.15, 0.2) is 0 Å². The van der Waals surface area contributed by atoms with E-state index < -0.39 is 5.41 Å². The molecule has 0 radical (unpaired) electrons. The van der Waals surface area contributed by atoms with Gasteiger partial charge in [0.05, 0.1) is 11.1 Å². The Labute approximate surface area is 377 Å². The normalized spacial score (nSPS) is 13.4. The smallest absolute Gasteiger partial charge is 0.132 e. The zero-order chi connectivity index (χ0) is 43.8. The Kier molecular flexibility index (Phi) is 9.18. The standard InChI is InChI=1S/C61H52N2O/c1-59(2,3)41-29-33-45(34-30-41)62(43-19-9-7-10-20-43)47-37-38-50-53(39-47)61(51-25-15-17-27-56(51)64-57-28-18-16-26-52(57)61)54-40-55(48-23-13-14-24-49(48)58(50)54)63(44-21-11-8-12-22-44)46-35-31-42(32-36-46)60(4,5)6/h7-40H,1-6H3. The van der Waals surface area contributed by atoms with E-state index in [2.05, 4.69) is 258 Å². The molecule has 1 aliphatic heterocycles. The maximum absolute atomic E-state index is 6.87. The first-order valence-corrected chi connectivity index (χ1v) is 22.5. The van der Waals surface area contributed by atoms with Gasteiger partial charge in [-0.2, -0.15) is 0 Å². The molecule has 0 aromatic heterocycles. The molecule has 2 aliphatic rings. The van der Waals surface area contributed by atoms with Crippen LogP contribution >= 0.6 is 0 Å². The van der Waals surface area contributed by atoms with Crippen LogP contribution in [0, 0.1) is 0 Å². The quantitative estimate of drug-likeness (QED) is 0.166. The largest absolute Gasteiger partial charge is 0.457 e. The maximum atomic E-state index is 6.87. The first-order valence-electron chi connectivity index (χ1n) is 22.5. The Hall–Kier alpha value is -7.36. The van der Waals surface area contributed by atoms with Gasteiger partial charge in [0.1, 0.15) is 11.5 Å². The third-order valence-electron chi connectivity index (χ3n) is 13.4. The van der Waals surface area contributed by atoms with Crippen molar-refractivity contribution < 1.29 is 4.74 Å². The van der Waals surface area contributed by atoms with Crippen LogP contribution in [0.25, 0.3) is 21.9 Å². The van der Waals surface area contributed by atoms with Gasteiger partial charge in [0.25, 0.3) is 0 Å². The average Bonchev–Trinajstić information content (AvgIpc) is 3.59. The van der Waals surface area contributed by atoms with Crippen LogP contribution in [0.15, 0.2) is 206 Å². The summed E-state index contributed by atoms with van der Waals surface area (Å²) in [7, 11) is 0. The molecule has 0 N–H and O–H groups in total. The van der Waals surface area contributed by atoms with Gasteiger partial charge in [-0.05, 0) is 128 Å². The molecule has 0 fully saturated rings. The predicted molar refractivity (Wildman–Crippen MR) is 268 cm³/mol. The molecule has 3 heteroatoms. The van der Waals surface area contributed by atoms with Gasteiger partial charge < -0.3 is 14.5 Å². The second kappa shape index (κ2) is 14.9. The van der Waals surface area contributed by atoms with Gasteiger partial charge in [-0.25, -0.2) is 0 Å². The van der Waals surface area contributed by atoms with Gasteiger partial charge in [0.2, 0.25) is 0 Å². The molecule has 0 bridgehead atoms. The summed E-state index contributed by atoms with van der Waals surface area (Å²) in [6.07, 6.45) is 0. The first-order chi connectivity index (χ1) is 31.0. The molecule has 1 spiro atoms. The van der Waals surface area contributed by atoms with E-state index in [0.717, 1.165) is 56.8 Å². The maximum Gasteiger partial charge on any atom is 0.132 e. The summed E-state index contributed by atoms with van der Waals surface area (Å²) in [5, 5.41) is 2.41. The number of fused-ring (bicyclic) bond motifs is 11. The minimum absolute atomic E-state index is 0.0309. The van der Waals surface area contributed by atoms with Crippen LogP contribution in [0.1, 0.15) is 74.9 Å². The van der Waals surface area contributed by atoms with Gasteiger partial charge in [-0.3, -0.25) is 0 Å².